The fourth-order valence-electron chi connectivity index (χ4n) is 10.5. The first-order chi connectivity index (χ1) is 25.6. The Morgan fingerprint density at radius 2 is 0.981 bits per heavy atom. The number of rotatable bonds is 9. The van der Waals surface area contributed by atoms with Gasteiger partial charge in [0.15, 0.2) is 0 Å². The van der Waals surface area contributed by atoms with Crippen LogP contribution in [0.3, 0.4) is 0 Å². The van der Waals surface area contributed by atoms with Crippen molar-refractivity contribution in [3.05, 3.63) is 80.9 Å². The normalized spacial score (nSPS) is 27.7. The standard InChI is InChI=1S/C44H70N8/c1-4-33-36(27-49-42-18-10-7-15-39(42)46-24-30-14-13-23-45-30)34(5-2)38-29-51-44-20-12-9-17-41(44)48-26-32-22-21-31(52-32)25-47-40-16-8-11-19-43(40)50-28-37(33)35(38)6-3/h13-14,21-23,39-52H,4-12,15-20,24-29H2,1-3H3/t39-,40-,41-,42-,43-,44-/m0/s1. The molecule has 52 heavy (non-hydrogen) atoms. The van der Waals surface area contributed by atoms with Crippen molar-refractivity contribution in [3.8, 4) is 0 Å². The van der Waals surface area contributed by atoms with E-state index in [2.05, 4.69) is 86.9 Å². The van der Waals surface area contributed by atoms with Crippen LogP contribution in [-0.4, -0.2) is 46.2 Å². The summed E-state index contributed by atoms with van der Waals surface area (Å²) in [5.74, 6) is 0. The molecule has 286 valence electrons. The molecule has 1 aliphatic heterocycles. The van der Waals surface area contributed by atoms with Crippen LogP contribution in [0.15, 0.2) is 30.5 Å². The average molecular weight is 711 g/mol. The molecule has 6 atom stereocenters. The van der Waals surface area contributed by atoms with Gasteiger partial charge in [0.1, 0.15) is 0 Å². The van der Waals surface area contributed by atoms with Crippen molar-refractivity contribution in [2.75, 3.05) is 0 Å². The van der Waals surface area contributed by atoms with E-state index in [0.717, 1.165) is 58.5 Å². The summed E-state index contributed by atoms with van der Waals surface area (Å²) < 4.78 is 0. The molecule has 8 heteroatoms. The van der Waals surface area contributed by atoms with Gasteiger partial charge in [-0.3, -0.25) is 0 Å². The first kappa shape index (κ1) is 37.8. The van der Waals surface area contributed by atoms with Crippen molar-refractivity contribution in [1.82, 2.24) is 41.9 Å². The van der Waals surface area contributed by atoms with E-state index in [4.69, 9.17) is 0 Å². The molecule has 0 amide bonds. The Morgan fingerprint density at radius 3 is 1.44 bits per heavy atom. The minimum Gasteiger partial charge on any atom is -0.364 e. The first-order valence-electron chi connectivity index (χ1n) is 21.5. The van der Waals surface area contributed by atoms with Gasteiger partial charge in [0.25, 0.3) is 0 Å². The SMILES string of the molecule is CCc1c(CN[C@H]2CCCC[C@@H]2NCc2ccc[nH]2)c(CC)c2c(CC)c1CN[C@H]1CCCC[C@@H]1NCc1ccc([nH]1)CN[C@H]1CCCC[C@@H]1NC2. The van der Waals surface area contributed by atoms with Crippen LogP contribution in [-0.2, 0) is 58.5 Å². The molecule has 7 rings (SSSR count). The molecule has 0 spiro atoms. The number of nitrogens with one attached hydrogen (secondary N) is 8. The molecule has 3 fully saturated rings. The van der Waals surface area contributed by atoms with Crippen LogP contribution in [0.25, 0.3) is 0 Å². The van der Waals surface area contributed by atoms with Gasteiger partial charge in [0.2, 0.25) is 0 Å². The highest BCUT2D eigenvalue weighted by Gasteiger charge is 2.30. The van der Waals surface area contributed by atoms with Crippen molar-refractivity contribution >= 4 is 0 Å². The lowest BCUT2D eigenvalue weighted by Crippen LogP contribution is -2.50. The minimum atomic E-state index is 0.490. The van der Waals surface area contributed by atoms with Gasteiger partial charge in [-0.05, 0) is 115 Å². The number of aromatic nitrogens is 2. The number of H-pyrrole nitrogens is 2. The smallest absolute Gasteiger partial charge is 0.0360 e. The third-order valence-electron chi connectivity index (χ3n) is 13.3. The van der Waals surface area contributed by atoms with Crippen molar-refractivity contribution < 1.29 is 0 Å². The summed E-state index contributed by atoms with van der Waals surface area (Å²) in [5.41, 5.74) is 13.5. The van der Waals surface area contributed by atoms with Gasteiger partial charge in [-0.25, -0.2) is 0 Å². The summed E-state index contributed by atoms with van der Waals surface area (Å²) in [7, 11) is 0. The Kier molecular flexibility index (Phi) is 13.6. The van der Waals surface area contributed by atoms with Crippen molar-refractivity contribution in [2.24, 2.45) is 0 Å². The number of benzene rings is 1. The monoisotopic (exact) mass is 711 g/mol. The highest BCUT2D eigenvalue weighted by molar-refractivity contribution is 5.53. The van der Waals surface area contributed by atoms with Gasteiger partial charge in [0.05, 0.1) is 0 Å². The van der Waals surface area contributed by atoms with E-state index in [1.165, 1.54) is 94.1 Å². The molecule has 3 aliphatic carbocycles. The van der Waals surface area contributed by atoms with Gasteiger partial charge < -0.3 is 41.9 Å². The van der Waals surface area contributed by atoms with E-state index in [9.17, 15) is 0 Å². The third-order valence-corrected chi connectivity index (χ3v) is 13.3. The first-order valence-corrected chi connectivity index (χ1v) is 21.5. The molecule has 0 unspecified atom stereocenters. The lowest BCUT2D eigenvalue weighted by Gasteiger charge is -2.36. The predicted molar refractivity (Wildman–Crippen MR) is 215 cm³/mol. The van der Waals surface area contributed by atoms with E-state index in [1.54, 1.807) is 33.4 Å². The summed E-state index contributed by atoms with van der Waals surface area (Å²) in [6.07, 6.45) is 20.7. The van der Waals surface area contributed by atoms with Crippen LogP contribution in [0, 0.1) is 0 Å². The van der Waals surface area contributed by atoms with Crippen LogP contribution >= 0.6 is 0 Å². The summed E-state index contributed by atoms with van der Waals surface area (Å²) in [6.45, 7) is 12.8. The fraction of sp³-hybridized carbons (Fsp3) is 0.682. The molecule has 3 aromatic rings. The van der Waals surface area contributed by atoms with Gasteiger partial charge >= 0.3 is 0 Å². The van der Waals surface area contributed by atoms with Gasteiger partial charge in [0, 0.05) is 98.8 Å². The summed E-state index contributed by atoms with van der Waals surface area (Å²) >= 11 is 0. The zero-order valence-corrected chi connectivity index (χ0v) is 32.7. The average Bonchev–Trinajstić information content (AvgIpc) is 3.88. The largest absolute Gasteiger partial charge is 0.364 e. The fourth-order valence-corrected chi connectivity index (χ4v) is 10.5. The van der Waals surface area contributed by atoms with E-state index >= 15 is 0 Å². The number of hydrogen-bond acceptors (Lipinski definition) is 6. The zero-order valence-electron chi connectivity index (χ0n) is 32.7. The second-order valence-electron chi connectivity index (χ2n) is 16.4. The summed E-state index contributed by atoms with van der Waals surface area (Å²) in [4.78, 5) is 7.13. The molecule has 1 aromatic carbocycles. The van der Waals surface area contributed by atoms with Crippen LogP contribution < -0.4 is 31.9 Å². The van der Waals surface area contributed by atoms with Gasteiger partial charge in [-0.2, -0.15) is 0 Å². The Labute approximate surface area is 314 Å². The van der Waals surface area contributed by atoms with Crippen LogP contribution in [0.2, 0.25) is 0 Å². The quantitative estimate of drug-likeness (QED) is 0.123. The molecule has 8 N–H and O–H groups in total. The maximum Gasteiger partial charge on any atom is 0.0360 e. The lowest BCUT2D eigenvalue weighted by atomic mass is 9.82. The predicted octanol–water partition coefficient (Wildman–Crippen LogP) is 6.92. The second-order valence-corrected chi connectivity index (χ2v) is 16.4. The highest BCUT2D eigenvalue weighted by Crippen LogP contribution is 2.33. The minimum absolute atomic E-state index is 0.490. The zero-order chi connectivity index (χ0) is 35.7. The van der Waals surface area contributed by atoms with Crippen molar-refractivity contribution in [2.45, 2.75) is 193 Å². The Morgan fingerprint density at radius 1 is 0.519 bits per heavy atom. The molecule has 4 aliphatic rings. The van der Waals surface area contributed by atoms with Crippen molar-refractivity contribution in [3.63, 3.8) is 0 Å². The molecule has 0 radical (unpaired) electrons. The molecule has 8 nitrogen and oxygen atoms in total. The summed E-state index contributed by atoms with van der Waals surface area (Å²) in [5, 5.41) is 24.5. The highest BCUT2D eigenvalue weighted by atomic mass is 15.1. The summed E-state index contributed by atoms with van der Waals surface area (Å²) in [6, 6.07) is 11.8. The van der Waals surface area contributed by atoms with E-state index in [0.29, 0.717) is 36.3 Å². The van der Waals surface area contributed by atoms with Crippen LogP contribution in [0.1, 0.15) is 148 Å². The number of hydrogen-bond donors (Lipinski definition) is 8. The van der Waals surface area contributed by atoms with E-state index < -0.39 is 0 Å². The Balaban J connectivity index is 1.21. The second kappa shape index (κ2) is 18.7. The van der Waals surface area contributed by atoms with E-state index in [-0.39, 0.29) is 0 Å². The molecule has 3 heterocycles. The maximum absolute atomic E-state index is 4.20. The molecular formula is C44H70N8. The number of fused-ring (bicyclic) bond motifs is 6. The molecule has 2 aromatic heterocycles. The van der Waals surface area contributed by atoms with Crippen LogP contribution in [0.4, 0.5) is 0 Å². The van der Waals surface area contributed by atoms with Gasteiger partial charge in [-0.1, -0.05) is 59.3 Å². The number of aromatic amines is 2. The molecule has 3 saturated carbocycles. The third kappa shape index (κ3) is 9.07. The Bertz CT molecular complexity index is 1450. The Hall–Kier alpha value is -2.46. The van der Waals surface area contributed by atoms with Crippen molar-refractivity contribution in [1.29, 1.82) is 0 Å². The van der Waals surface area contributed by atoms with E-state index in [1.807, 2.05) is 6.20 Å². The van der Waals surface area contributed by atoms with Gasteiger partial charge in [-0.15, -0.1) is 0 Å². The molecular weight excluding hydrogens is 641 g/mol. The lowest BCUT2D eigenvalue weighted by molar-refractivity contribution is 0.277. The molecule has 4 bridgehead atoms. The topological polar surface area (TPSA) is 104 Å². The maximum atomic E-state index is 4.20. The molecule has 0 saturated heterocycles. The van der Waals surface area contributed by atoms with Crippen LogP contribution in [0.5, 0.6) is 0 Å².